The van der Waals surface area contributed by atoms with Crippen molar-refractivity contribution in [2.45, 2.75) is 26.3 Å². The van der Waals surface area contributed by atoms with Crippen molar-refractivity contribution < 1.29 is 4.74 Å². The predicted molar refractivity (Wildman–Crippen MR) is 143 cm³/mol. The Morgan fingerprint density at radius 1 is 1.14 bits per heavy atom. The molecular formula is C26H29N9O2. The third-order valence-electron chi connectivity index (χ3n) is 6.80. The lowest BCUT2D eigenvalue weighted by Gasteiger charge is -2.30. The topological polar surface area (TPSA) is 130 Å². The number of aromatic amines is 2. The number of rotatable bonds is 6. The van der Waals surface area contributed by atoms with Gasteiger partial charge in [0.25, 0.3) is 5.56 Å². The largest absolute Gasteiger partial charge is 0.378 e. The van der Waals surface area contributed by atoms with Crippen LogP contribution in [0.1, 0.15) is 30.8 Å². The molecule has 0 bridgehead atoms. The zero-order valence-electron chi connectivity index (χ0n) is 21.1. The minimum atomic E-state index is -0.254. The van der Waals surface area contributed by atoms with Crippen LogP contribution in [0.3, 0.4) is 0 Å². The third-order valence-corrected chi connectivity index (χ3v) is 6.80. The number of H-pyrrole nitrogens is 2. The molecule has 5 heterocycles. The van der Waals surface area contributed by atoms with Crippen LogP contribution >= 0.6 is 0 Å². The summed E-state index contributed by atoms with van der Waals surface area (Å²) in [6.07, 6.45) is 5.94. The molecule has 11 nitrogen and oxygen atoms in total. The smallest absolute Gasteiger partial charge is 0.261 e. The van der Waals surface area contributed by atoms with Crippen molar-refractivity contribution in [2.75, 3.05) is 36.5 Å². The van der Waals surface area contributed by atoms with Crippen molar-refractivity contribution in [2.24, 2.45) is 7.05 Å². The minimum Gasteiger partial charge on any atom is -0.378 e. The van der Waals surface area contributed by atoms with Crippen molar-refractivity contribution in [3.05, 3.63) is 58.5 Å². The van der Waals surface area contributed by atoms with Crippen LogP contribution in [0.25, 0.3) is 33.5 Å². The van der Waals surface area contributed by atoms with E-state index in [1.54, 1.807) is 29.3 Å². The normalized spacial score (nSPS) is 14.9. The third kappa shape index (κ3) is 4.20. The molecule has 1 aliphatic rings. The number of aromatic nitrogens is 7. The fourth-order valence-corrected chi connectivity index (χ4v) is 4.97. The van der Waals surface area contributed by atoms with Crippen molar-refractivity contribution >= 4 is 33.4 Å². The van der Waals surface area contributed by atoms with E-state index in [-0.39, 0.29) is 11.6 Å². The molecular weight excluding hydrogens is 470 g/mol. The second-order valence-corrected chi connectivity index (χ2v) is 9.32. The predicted octanol–water partition coefficient (Wildman–Crippen LogP) is 3.30. The summed E-state index contributed by atoms with van der Waals surface area (Å²) in [6.45, 7) is 7.25. The van der Waals surface area contributed by atoms with Gasteiger partial charge in [-0.3, -0.25) is 9.48 Å². The number of fused-ring (bicyclic) bond motifs is 2. The van der Waals surface area contributed by atoms with Crippen molar-refractivity contribution in [3.8, 4) is 11.4 Å². The van der Waals surface area contributed by atoms with Gasteiger partial charge >= 0.3 is 0 Å². The Morgan fingerprint density at radius 3 is 2.68 bits per heavy atom. The number of imidazole rings is 1. The average Bonchev–Trinajstić information content (AvgIpc) is 3.49. The Bertz CT molecular complexity index is 1630. The van der Waals surface area contributed by atoms with Gasteiger partial charge in [-0.1, -0.05) is 6.92 Å². The highest BCUT2D eigenvalue weighted by Gasteiger charge is 2.24. The Morgan fingerprint density at radius 2 is 1.92 bits per heavy atom. The second kappa shape index (κ2) is 9.32. The van der Waals surface area contributed by atoms with E-state index >= 15 is 0 Å². The first-order valence-corrected chi connectivity index (χ1v) is 12.5. The molecule has 0 saturated carbocycles. The molecule has 0 radical (unpaired) electrons. The maximum atomic E-state index is 13.5. The summed E-state index contributed by atoms with van der Waals surface area (Å²) < 4.78 is 7.21. The maximum absolute atomic E-state index is 13.5. The SMILES string of the molecule is CCC(Nc1c(-c2nc3cc(C)c(N4CCOCC4)cc3[nH]2)c(=O)[nH]c2cn(C)nc12)c1ncccn1. The van der Waals surface area contributed by atoms with Crippen LogP contribution < -0.4 is 15.8 Å². The lowest BCUT2D eigenvalue weighted by atomic mass is 10.1. The number of hydrogen-bond donors (Lipinski definition) is 3. The van der Waals surface area contributed by atoms with Crippen LogP contribution in [0.4, 0.5) is 11.4 Å². The monoisotopic (exact) mass is 499 g/mol. The highest BCUT2D eigenvalue weighted by molar-refractivity contribution is 5.97. The number of anilines is 2. The molecule has 4 aromatic heterocycles. The molecule has 0 aliphatic carbocycles. The maximum Gasteiger partial charge on any atom is 0.261 e. The van der Waals surface area contributed by atoms with Gasteiger partial charge in [0.2, 0.25) is 0 Å². The van der Waals surface area contributed by atoms with Gasteiger partial charge in [0, 0.05) is 44.4 Å². The van der Waals surface area contributed by atoms with E-state index in [1.165, 1.54) is 0 Å². The first-order valence-electron chi connectivity index (χ1n) is 12.5. The fraction of sp³-hybridized carbons (Fsp3) is 0.346. The molecule has 1 aliphatic heterocycles. The number of ether oxygens (including phenoxy) is 1. The van der Waals surface area contributed by atoms with Gasteiger partial charge < -0.3 is 24.9 Å². The lowest BCUT2D eigenvalue weighted by molar-refractivity contribution is 0.122. The summed E-state index contributed by atoms with van der Waals surface area (Å²) in [5, 5.41) is 8.17. The second-order valence-electron chi connectivity index (χ2n) is 9.32. The molecule has 0 spiro atoms. The average molecular weight is 500 g/mol. The van der Waals surface area contributed by atoms with Gasteiger partial charge in [-0.15, -0.1) is 0 Å². The molecule has 1 atom stereocenters. The molecule has 37 heavy (non-hydrogen) atoms. The molecule has 1 aromatic carbocycles. The fourth-order valence-electron chi connectivity index (χ4n) is 4.97. The Hall–Kier alpha value is -4.25. The molecule has 1 saturated heterocycles. The number of morpholine rings is 1. The first-order chi connectivity index (χ1) is 18.0. The zero-order valence-corrected chi connectivity index (χ0v) is 21.1. The molecule has 1 unspecified atom stereocenters. The highest BCUT2D eigenvalue weighted by Crippen LogP contribution is 2.34. The first kappa shape index (κ1) is 23.2. The van der Waals surface area contributed by atoms with Gasteiger partial charge in [0.15, 0.2) is 0 Å². The van der Waals surface area contributed by atoms with E-state index in [0.717, 1.165) is 35.4 Å². The highest BCUT2D eigenvalue weighted by atomic mass is 16.5. The number of pyridine rings is 1. The molecule has 6 rings (SSSR count). The van der Waals surface area contributed by atoms with Crippen LogP contribution in [0.2, 0.25) is 0 Å². The Kier molecular flexibility index (Phi) is 5.84. The van der Waals surface area contributed by atoms with Crippen molar-refractivity contribution in [1.82, 2.24) is 34.7 Å². The number of aryl methyl sites for hydroxylation is 2. The molecule has 5 aromatic rings. The number of nitrogens with zero attached hydrogens (tertiary/aromatic N) is 6. The molecule has 3 N–H and O–H groups in total. The molecule has 190 valence electrons. The summed E-state index contributed by atoms with van der Waals surface area (Å²) in [5.74, 6) is 1.13. The van der Waals surface area contributed by atoms with Gasteiger partial charge in [-0.25, -0.2) is 15.0 Å². The van der Waals surface area contributed by atoms with E-state index in [1.807, 2.05) is 14.0 Å². The van der Waals surface area contributed by atoms with Crippen molar-refractivity contribution in [3.63, 3.8) is 0 Å². The van der Waals surface area contributed by atoms with Gasteiger partial charge in [-0.05, 0) is 37.1 Å². The summed E-state index contributed by atoms with van der Waals surface area (Å²) >= 11 is 0. The quantitative estimate of drug-likeness (QED) is 0.325. The minimum absolute atomic E-state index is 0.216. The summed E-state index contributed by atoms with van der Waals surface area (Å²) in [6, 6.07) is 5.74. The molecule has 1 fully saturated rings. The Balaban J connectivity index is 1.50. The van der Waals surface area contributed by atoms with E-state index in [2.05, 4.69) is 54.3 Å². The van der Waals surface area contributed by atoms with Gasteiger partial charge in [0.05, 0.1) is 41.5 Å². The van der Waals surface area contributed by atoms with E-state index in [4.69, 9.17) is 9.72 Å². The number of benzene rings is 1. The Labute approximate surface area is 212 Å². The molecule has 11 heteroatoms. The summed E-state index contributed by atoms with van der Waals surface area (Å²) in [5.41, 5.74) is 5.99. The summed E-state index contributed by atoms with van der Waals surface area (Å²) in [7, 11) is 1.83. The van der Waals surface area contributed by atoms with Gasteiger partial charge in [-0.2, -0.15) is 5.10 Å². The van der Waals surface area contributed by atoms with E-state index in [9.17, 15) is 4.79 Å². The standard InChI is InChI=1S/C26H29N9O2/c1-4-16(24-27-6-5-7-28-24)29-23-21(26(36)32-19-14-34(3)33-22(19)23)25-30-17-12-15(2)20(13-18(17)31-25)35-8-10-37-11-9-35/h5-7,12-14,16,29H,4,8-11H2,1-3H3,(H,30,31)(H,32,36). The van der Waals surface area contributed by atoms with Crippen LogP contribution in [-0.4, -0.2) is 61.0 Å². The van der Waals surface area contributed by atoms with Crippen LogP contribution in [0.5, 0.6) is 0 Å². The zero-order chi connectivity index (χ0) is 25.5. The number of hydrogen-bond acceptors (Lipinski definition) is 8. The van der Waals surface area contributed by atoms with Crippen LogP contribution in [0.15, 0.2) is 41.6 Å². The van der Waals surface area contributed by atoms with Crippen LogP contribution in [0, 0.1) is 6.92 Å². The van der Waals surface area contributed by atoms with Crippen molar-refractivity contribution in [1.29, 1.82) is 0 Å². The van der Waals surface area contributed by atoms with E-state index in [0.29, 0.717) is 53.6 Å². The van der Waals surface area contributed by atoms with Gasteiger partial charge in [0.1, 0.15) is 22.7 Å². The van der Waals surface area contributed by atoms with Crippen LogP contribution in [-0.2, 0) is 11.8 Å². The lowest BCUT2D eigenvalue weighted by Crippen LogP contribution is -2.36. The summed E-state index contributed by atoms with van der Waals surface area (Å²) in [4.78, 5) is 35.9. The molecule has 0 amide bonds. The number of nitrogens with one attached hydrogen (secondary N) is 3. The van der Waals surface area contributed by atoms with E-state index < -0.39 is 0 Å².